The van der Waals surface area contributed by atoms with Gasteiger partial charge in [-0.15, -0.1) is 0 Å². The van der Waals surface area contributed by atoms with Crippen LogP contribution in [0.3, 0.4) is 0 Å². The van der Waals surface area contributed by atoms with Gasteiger partial charge in [0.25, 0.3) is 0 Å². The van der Waals surface area contributed by atoms with Crippen molar-refractivity contribution >= 4 is 5.78 Å². The largest absolute Gasteiger partial charge is 0.303 e. The second kappa shape index (κ2) is 5.73. The normalized spacial score (nSPS) is 15.6. The summed E-state index contributed by atoms with van der Waals surface area (Å²) in [6.07, 6.45) is 1.97. The standard InChI is InChI=1S/C16H33NO/c1-14(2,3)11-10-12(17-16(7,8)9)13(18)15(4,5)6/h12,17H,10-11H2,1-9H3/t12-/m0/s1. The molecule has 0 saturated carbocycles. The van der Waals surface area contributed by atoms with E-state index in [2.05, 4.69) is 46.9 Å². The van der Waals surface area contributed by atoms with Crippen molar-refractivity contribution in [2.75, 3.05) is 0 Å². The molecule has 0 rings (SSSR count). The number of Topliss-reactive ketones (excluding diaryl/α,β-unsaturated/α-hetero) is 1. The van der Waals surface area contributed by atoms with Gasteiger partial charge in [0.15, 0.2) is 5.78 Å². The Morgan fingerprint density at radius 3 is 1.67 bits per heavy atom. The van der Waals surface area contributed by atoms with Crippen LogP contribution in [-0.2, 0) is 4.79 Å². The molecule has 0 amide bonds. The number of hydrogen-bond donors (Lipinski definition) is 1. The van der Waals surface area contributed by atoms with Crippen molar-refractivity contribution in [1.82, 2.24) is 5.32 Å². The molecular formula is C16H33NO. The van der Waals surface area contributed by atoms with Crippen molar-refractivity contribution in [1.29, 1.82) is 0 Å². The van der Waals surface area contributed by atoms with Crippen LogP contribution in [0.1, 0.15) is 75.2 Å². The zero-order valence-electron chi connectivity index (χ0n) is 13.9. The smallest absolute Gasteiger partial charge is 0.155 e. The molecule has 0 aromatic heterocycles. The molecule has 1 atom stereocenters. The predicted octanol–water partition coefficient (Wildman–Crippen LogP) is 4.18. The maximum Gasteiger partial charge on any atom is 0.155 e. The first-order valence-corrected chi connectivity index (χ1v) is 7.04. The van der Waals surface area contributed by atoms with Gasteiger partial charge in [-0.25, -0.2) is 0 Å². The van der Waals surface area contributed by atoms with Crippen molar-refractivity contribution in [3.8, 4) is 0 Å². The van der Waals surface area contributed by atoms with Gasteiger partial charge in [0.1, 0.15) is 0 Å². The van der Waals surface area contributed by atoms with E-state index in [-0.39, 0.29) is 22.4 Å². The third-order valence-electron chi connectivity index (χ3n) is 2.85. The van der Waals surface area contributed by atoms with Crippen molar-refractivity contribution in [2.24, 2.45) is 10.8 Å². The Labute approximate surface area is 114 Å². The number of hydrogen-bond acceptors (Lipinski definition) is 2. The van der Waals surface area contributed by atoms with Crippen LogP contribution in [0.15, 0.2) is 0 Å². The van der Waals surface area contributed by atoms with Crippen LogP contribution in [0.4, 0.5) is 0 Å². The SMILES string of the molecule is CC(C)(C)CC[C@H](NC(C)(C)C)C(=O)C(C)(C)C. The lowest BCUT2D eigenvalue weighted by atomic mass is 9.81. The van der Waals surface area contributed by atoms with E-state index in [0.717, 1.165) is 12.8 Å². The Bertz CT molecular complexity index is 273. The maximum atomic E-state index is 12.5. The van der Waals surface area contributed by atoms with Gasteiger partial charge in [0.05, 0.1) is 6.04 Å². The van der Waals surface area contributed by atoms with Gasteiger partial charge in [-0.1, -0.05) is 41.5 Å². The first-order chi connectivity index (χ1) is 7.72. The predicted molar refractivity (Wildman–Crippen MR) is 79.8 cm³/mol. The number of ketones is 1. The second-order valence-electron chi connectivity index (χ2n) is 8.66. The molecule has 18 heavy (non-hydrogen) atoms. The third kappa shape index (κ3) is 7.86. The molecule has 0 unspecified atom stereocenters. The fraction of sp³-hybridized carbons (Fsp3) is 0.938. The Kier molecular flexibility index (Phi) is 5.61. The van der Waals surface area contributed by atoms with Gasteiger partial charge < -0.3 is 5.32 Å². The fourth-order valence-electron chi connectivity index (χ4n) is 1.89. The van der Waals surface area contributed by atoms with E-state index in [9.17, 15) is 4.79 Å². The molecule has 2 nitrogen and oxygen atoms in total. The summed E-state index contributed by atoms with van der Waals surface area (Å²) in [6.45, 7) is 19.0. The Morgan fingerprint density at radius 1 is 0.944 bits per heavy atom. The first-order valence-electron chi connectivity index (χ1n) is 7.04. The lowest BCUT2D eigenvalue weighted by Crippen LogP contribution is -2.51. The highest BCUT2D eigenvalue weighted by Gasteiger charge is 2.32. The zero-order valence-corrected chi connectivity index (χ0v) is 13.9. The van der Waals surface area contributed by atoms with Crippen molar-refractivity contribution in [2.45, 2.75) is 86.7 Å². The van der Waals surface area contributed by atoms with E-state index in [1.54, 1.807) is 0 Å². The summed E-state index contributed by atoms with van der Waals surface area (Å²) >= 11 is 0. The van der Waals surface area contributed by atoms with Gasteiger partial charge in [-0.05, 0) is 39.0 Å². The highest BCUT2D eigenvalue weighted by atomic mass is 16.1. The van der Waals surface area contributed by atoms with Crippen LogP contribution < -0.4 is 5.32 Å². The second-order valence-corrected chi connectivity index (χ2v) is 8.66. The van der Waals surface area contributed by atoms with Gasteiger partial charge in [0, 0.05) is 11.0 Å². The average molecular weight is 255 g/mol. The molecule has 0 aromatic carbocycles. The minimum Gasteiger partial charge on any atom is -0.303 e. The highest BCUT2D eigenvalue weighted by molar-refractivity contribution is 5.88. The first kappa shape index (κ1) is 17.6. The van der Waals surface area contributed by atoms with E-state index < -0.39 is 0 Å². The van der Waals surface area contributed by atoms with Crippen molar-refractivity contribution in [3.63, 3.8) is 0 Å². The molecule has 0 aromatic rings. The minimum absolute atomic E-state index is 0.0243. The molecule has 0 heterocycles. The lowest BCUT2D eigenvalue weighted by molar-refractivity contribution is -0.129. The quantitative estimate of drug-likeness (QED) is 0.816. The lowest BCUT2D eigenvalue weighted by Gasteiger charge is -2.33. The van der Waals surface area contributed by atoms with Gasteiger partial charge in [-0.3, -0.25) is 4.79 Å². The molecule has 0 aliphatic heterocycles. The monoisotopic (exact) mass is 255 g/mol. The Hall–Kier alpha value is -0.370. The Morgan fingerprint density at radius 2 is 1.39 bits per heavy atom. The zero-order chi connectivity index (χ0) is 14.8. The van der Waals surface area contributed by atoms with Crippen LogP contribution in [-0.4, -0.2) is 17.4 Å². The molecule has 0 saturated heterocycles. The molecule has 0 spiro atoms. The third-order valence-corrected chi connectivity index (χ3v) is 2.85. The van der Waals surface area contributed by atoms with E-state index in [0.29, 0.717) is 5.78 Å². The number of nitrogens with one attached hydrogen (secondary N) is 1. The van der Waals surface area contributed by atoms with E-state index in [1.807, 2.05) is 20.8 Å². The summed E-state index contributed by atoms with van der Waals surface area (Å²) in [5, 5.41) is 3.49. The summed E-state index contributed by atoms with van der Waals surface area (Å²) in [4.78, 5) is 12.5. The van der Waals surface area contributed by atoms with E-state index >= 15 is 0 Å². The maximum absolute atomic E-state index is 12.5. The molecule has 0 radical (unpaired) electrons. The summed E-state index contributed by atoms with van der Waals surface area (Å²) in [5.74, 6) is 0.321. The van der Waals surface area contributed by atoms with Crippen LogP contribution >= 0.6 is 0 Å². The van der Waals surface area contributed by atoms with Gasteiger partial charge in [-0.2, -0.15) is 0 Å². The van der Waals surface area contributed by atoms with E-state index in [4.69, 9.17) is 0 Å². The van der Waals surface area contributed by atoms with Crippen LogP contribution in [0.2, 0.25) is 0 Å². The number of carbonyl (C=O) groups is 1. The van der Waals surface area contributed by atoms with Crippen LogP contribution in [0.25, 0.3) is 0 Å². The number of carbonyl (C=O) groups excluding carboxylic acids is 1. The van der Waals surface area contributed by atoms with Crippen molar-refractivity contribution in [3.05, 3.63) is 0 Å². The van der Waals surface area contributed by atoms with Crippen LogP contribution in [0, 0.1) is 10.8 Å². The molecule has 0 aliphatic rings. The molecule has 0 fully saturated rings. The molecule has 108 valence electrons. The highest BCUT2D eigenvalue weighted by Crippen LogP contribution is 2.26. The molecular weight excluding hydrogens is 222 g/mol. The molecule has 1 N–H and O–H groups in total. The summed E-state index contributed by atoms with van der Waals surface area (Å²) in [6, 6.07) is -0.0378. The summed E-state index contributed by atoms with van der Waals surface area (Å²) in [7, 11) is 0. The summed E-state index contributed by atoms with van der Waals surface area (Å²) in [5.41, 5.74) is -0.0275. The minimum atomic E-state index is -0.277. The fourth-order valence-corrected chi connectivity index (χ4v) is 1.89. The van der Waals surface area contributed by atoms with Crippen LogP contribution in [0.5, 0.6) is 0 Å². The average Bonchev–Trinajstić information content (AvgIpc) is 2.06. The molecule has 0 aliphatic carbocycles. The molecule has 2 heteroatoms. The molecule has 0 bridgehead atoms. The summed E-state index contributed by atoms with van der Waals surface area (Å²) < 4.78 is 0. The van der Waals surface area contributed by atoms with Gasteiger partial charge in [0.2, 0.25) is 0 Å². The van der Waals surface area contributed by atoms with E-state index in [1.165, 1.54) is 0 Å². The van der Waals surface area contributed by atoms with Crippen molar-refractivity contribution < 1.29 is 4.79 Å². The number of rotatable bonds is 4. The van der Waals surface area contributed by atoms with Gasteiger partial charge >= 0.3 is 0 Å². The Balaban J connectivity index is 4.80. The topological polar surface area (TPSA) is 29.1 Å².